The maximum absolute atomic E-state index is 11.9. The van der Waals surface area contributed by atoms with E-state index in [0.717, 1.165) is 24.0 Å². The third-order valence-corrected chi connectivity index (χ3v) is 3.14. The number of aliphatic hydroxyl groups is 1. The Labute approximate surface area is 93.4 Å². The molecule has 1 unspecified atom stereocenters. The first kappa shape index (κ1) is 9.60. The molecule has 2 aliphatic rings. The molecule has 0 saturated carbocycles. The van der Waals surface area contributed by atoms with Crippen LogP contribution < -0.4 is 0 Å². The van der Waals surface area contributed by atoms with Gasteiger partial charge in [0.05, 0.1) is 6.61 Å². The highest BCUT2D eigenvalue weighted by Gasteiger charge is 2.34. The first-order chi connectivity index (χ1) is 7.79. The van der Waals surface area contributed by atoms with E-state index in [1.54, 1.807) is 12.1 Å². The van der Waals surface area contributed by atoms with Crippen LogP contribution >= 0.6 is 0 Å². The third-order valence-electron chi connectivity index (χ3n) is 3.14. The zero-order chi connectivity index (χ0) is 11.1. The van der Waals surface area contributed by atoms with Crippen LogP contribution in [0.2, 0.25) is 0 Å². The Kier molecular flexibility index (Phi) is 2.07. The molecule has 1 atom stereocenters. The van der Waals surface area contributed by atoms with E-state index >= 15 is 0 Å². The highest BCUT2D eigenvalue weighted by atomic mass is 16.5. The van der Waals surface area contributed by atoms with Crippen LogP contribution in [0.3, 0.4) is 0 Å². The van der Waals surface area contributed by atoms with Crippen LogP contribution in [0.4, 0.5) is 0 Å². The number of ketones is 1. The summed E-state index contributed by atoms with van der Waals surface area (Å²) < 4.78 is 5.59. The van der Waals surface area contributed by atoms with E-state index in [2.05, 4.69) is 0 Å². The number of Topliss-reactive ketones (excluding diaryl/α,β-unsaturated/α-hetero) is 1. The molecule has 0 aromatic heterocycles. The number of fused-ring (bicyclic) bond motifs is 2. The monoisotopic (exact) mass is 216 g/mol. The van der Waals surface area contributed by atoms with Crippen LogP contribution in [0, 0.1) is 0 Å². The van der Waals surface area contributed by atoms with Crippen LogP contribution in [0.5, 0.6) is 0 Å². The molecule has 1 N–H and O–H groups in total. The minimum atomic E-state index is -1.01. The van der Waals surface area contributed by atoms with Crippen molar-refractivity contribution in [1.29, 1.82) is 0 Å². The van der Waals surface area contributed by atoms with Crippen molar-refractivity contribution < 1.29 is 14.6 Å². The van der Waals surface area contributed by atoms with E-state index in [0.29, 0.717) is 17.9 Å². The van der Waals surface area contributed by atoms with E-state index in [-0.39, 0.29) is 5.78 Å². The second-order valence-electron chi connectivity index (χ2n) is 4.12. The van der Waals surface area contributed by atoms with Crippen molar-refractivity contribution in [2.45, 2.75) is 18.9 Å². The Morgan fingerprint density at radius 3 is 2.81 bits per heavy atom. The molecule has 0 fully saturated rings. The second kappa shape index (κ2) is 3.46. The van der Waals surface area contributed by atoms with Crippen LogP contribution in [0.15, 0.2) is 29.8 Å². The highest BCUT2D eigenvalue weighted by molar-refractivity contribution is 6.08. The molecule has 3 heteroatoms. The van der Waals surface area contributed by atoms with Gasteiger partial charge in [0.25, 0.3) is 0 Å². The number of ether oxygens (including phenoxy) is 1. The summed E-state index contributed by atoms with van der Waals surface area (Å²) >= 11 is 0. The summed E-state index contributed by atoms with van der Waals surface area (Å²) in [5.41, 5.74) is 2.14. The third kappa shape index (κ3) is 1.21. The summed E-state index contributed by atoms with van der Waals surface area (Å²) in [5, 5.41) is 9.93. The number of carbonyl (C=O) groups is 1. The Hall–Kier alpha value is -1.61. The fourth-order valence-corrected chi connectivity index (χ4v) is 2.36. The first-order valence-electron chi connectivity index (χ1n) is 5.46. The smallest absolute Gasteiger partial charge is 0.196 e. The van der Waals surface area contributed by atoms with E-state index in [9.17, 15) is 9.90 Å². The molecule has 1 aromatic rings. The van der Waals surface area contributed by atoms with Crippen LogP contribution in [0.1, 0.15) is 28.8 Å². The lowest BCUT2D eigenvalue weighted by Crippen LogP contribution is -2.31. The molecule has 0 spiro atoms. The molecule has 0 amide bonds. The van der Waals surface area contributed by atoms with Gasteiger partial charge in [0.15, 0.2) is 5.78 Å². The molecule has 1 aromatic carbocycles. The highest BCUT2D eigenvalue weighted by Crippen LogP contribution is 2.36. The molecular weight excluding hydrogens is 204 g/mol. The Bertz CT molecular complexity index is 488. The van der Waals surface area contributed by atoms with Crippen molar-refractivity contribution in [3.05, 3.63) is 41.0 Å². The van der Waals surface area contributed by atoms with E-state index in [1.165, 1.54) is 0 Å². The lowest BCUT2D eigenvalue weighted by atomic mass is 9.84. The molecule has 3 rings (SSSR count). The van der Waals surface area contributed by atoms with Crippen LogP contribution in [-0.2, 0) is 4.74 Å². The maximum atomic E-state index is 11.9. The molecule has 0 saturated heterocycles. The molecule has 1 aliphatic heterocycles. The summed E-state index contributed by atoms with van der Waals surface area (Å²) in [6, 6.07) is 7.30. The van der Waals surface area contributed by atoms with Crippen molar-refractivity contribution in [2.24, 2.45) is 0 Å². The van der Waals surface area contributed by atoms with Gasteiger partial charge >= 0.3 is 0 Å². The average molecular weight is 216 g/mol. The number of hydrogen-bond acceptors (Lipinski definition) is 3. The fraction of sp³-hybridized carbons (Fsp3) is 0.308. The van der Waals surface area contributed by atoms with E-state index in [4.69, 9.17) is 4.74 Å². The summed E-state index contributed by atoms with van der Waals surface area (Å²) in [5.74, 6) is 0.508. The average Bonchev–Trinajstić information content (AvgIpc) is 2.36. The lowest BCUT2D eigenvalue weighted by molar-refractivity contribution is 0.0775. The Morgan fingerprint density at radius 1 is 1.25 bits per heavy atom. The van der Waals surface area contributed by atoms with Gasteiger partial charge in [-0.1, -0.05) is 24.3 Å². The van der Waals surface area contributed by atoms with Gasteiger partial charge in [-0.05, 0) is 12.8 Å². The molecule has 16 heavy (non-hydrogen) atoms. The first-order valence-corrected chi connectivity index (χ1v) is 5.46. The fourth-order valence-electron chi connectivity index (χ4n) is 2.36. The van der Waals surface area contributed by atoms with Crippen molar-refractivity contribution >= 4 is 11.5 Å². The van der Waals surface area contributed by atoms with Gasteiger partial charge in [-0.25, -0.2) is 0 Å². The Morgan fingerprint density at radius 2 is 2.00 bits per heavy atom. The van der Waals surface area contributed by atoms with Gasteiger partial charge in [-0.3, -0.25) is 4.79 Å². The largest absolute Gasteiger partial charge is 0.493 e. The SMILES string of the molecule is O=C1c2ccccc2C2=C(CCCO2)C1O. The number of carbonyl (C=O) groups excluding carboxylic acids is 1. The standard InChI is InChI=1S/C13H12O3/c14-11-8-4-1-2-5-9(8)13-10(12(11)15)6-3-7-16-13/h1-2,4-5,12,15H,3,6-7H2. The topological polar surface area (TPSA) is 46.5 Å². The molecule has 1 heterocycles. The molecular formula is C13H12O3. The summed E-state index contributed by atoms with van der Waals surface area (Å²) in [6.07, 6.45) is 0.604. The molecule has 3 nitrogen and oxygen atoms in total. The lowest BCUT2D eigenvalue weighted by Gasteiger charge is -2.29. The number of benzene rings is 1. The zero-order valence-corrected chi connectivity index (χ0v) is 8.77. The zero-order valence-electron chi connectivity index (χ0n) is 8.77. The second-order valence-corrected chi connectivity index (χ2v) is 4.12. The van der Waals surface area contributed by atoms with Crippen molar-refractivity contribution in [3.63, 3.8) is 0 Å². The normalized spacial score (nSPS) is 23.6. The van der Waals surface area contributed by atoms with Gasteiger partial charge in [-0.2, -0.15) is 0 Å². The summed E-state index contributed by atoms with van der Waals surface area (Å²) in [6.45, 7) is 0.661. The quantitative estimate of drug-likeness (QED) is 0.718. The number of hydrogen-bond donors (Lipinski definition) is 1. The van der Waals surface area contributed by atoms with Gasteiger partial charge in [0.1, 0.15) is 11.9 Å². The van der Waals surface area contributed by atoms with Gasteiger partial charge < -0.3 is 9.84 Å². The molecule has 82 valence electrons. The van der Waals surface area contributed by atoms with Crippen molar-refractivity contribution in [2.75, 3.05) is 6.61 Å². The minimum absolute atomic E-state index is 0.208. The van der Waals surface area contributed by atoms with Gasteiger partial charge in [0.2, 0.25) is 0 Å². The molecule has 0 bridgehead atoms. The molecule has 1 aliphatic carbocycles. The number of aliphatic hydroxyl groups excluding tert-OH is 1. The predicted octanol–water partition coefficient (Wildman–Crippen LogP) is 1.77. The van der Waals surface area contributed by atoms with E-state index < -0.39 is 6.10 Å². The van der Waals surface area contributed by atoms with Crippen molar-refractivity contribution in [3.8, 4) is 0 Å². The van der Waals surface area contributed by atoms with Crippen molar-refractivity contribution in [1.82, 2.24) is 0 Å². The minimum Gasteiger partial charge on any atom is -0.493 e. The van der Waals surface area contributed by atoms with Gasteiger partial charge in [-0.15, -0.1) is 0 Å². The van der Waals surface area contributed by atoms with Crippen LogP contribution in [-0.4, -0.2) is 23.6 Å². The predicted molar refractivity (Wildman–Crippen MR) is 58.9 cm³/mol. The van der Waals surface area contributed by atoms with Gasteiger partial charge in [0, 0.05) is 16.7 Å². The number of rotatable bonds is 0. The summed E-state index contributed by atoms with van der Waals surface area (Å²) in [7, 11) is 0. The van der Waals surface area contributed by atoms with Crippen LogP contribution in [0.25, 0.3) is 5.76 Å². The maximum Gasteiger partial charge on any atom is 0.196 e. The summed E-state index contributed by atoms with van der Waals surface area (Å²) in [4.78, 5) is 11.9. The van der Waals surface area contributed by atoms with E-state index in [1.807, 2.05) is 12.1 Å². The molecule has 0 radical (unpaired) electrons. The Balaban J connectivity index is 2.24.